The van der Waals surface area contributed by atoms with Crippen LogP contribution >= 0.6 is 0 Å². The molecule has 156 valence electrons. The number of hydrogen-bond donors (Lipinski definition) is 3. The lowest BCUT2D eigenvalue weighted by atomic mass is 10.1. The number of pyridine rings is 1. The lowest BCUT2D eigenvalue weighted by Crippen LogP contribution is -2.21. The summed E-state index contributed by atoms with van der Waals surface area (Å²) in [4.78, 5) is 18.0. The quantitative estimate of drug-likeness (QED) is 0.372. The Bertz CT molecular complexity index is 1370. The van der Waals surface area contributed by atoms with Crippen molar-refractivity contribution < 1.29 is 0 Å². The number of rotatable bonds is 5. The van der Waals surface area contributed by atoms with E-state index < -0.39 is 0 Å². The molecular weight excluding hydrogens is 384 g/mol. The summed E-state index contributed by atoms with van der Waals surface area (Å²) in [5.41, 5.74) is 13.2. The molecular formula is C25H26N6. The lowest BCUT2D eigenvalue weighted by molar-refractivity contribution is 0.253. The number of aromatic nitrogens is 4. The van der Waals surface area contributed by atoms with Crippen molar-refractivity contribution in [1.82, 2.24) is 24.8 Å². The Hall–Kier alpha value is -3.64. The summed E-state index contributed by atoms with van der Waals surface area (Å²) in [6.45, 7) is 5.04. The van der Waals surface area contributed by atoms with E-state index >= 15 is 0 Å². The number of benzene rings is 2. The maximum Gasteiger partial charge on any atom is 0.160 e. The molecule has 0 fully saturated rings. The fraction of sp³-hybridized carbons (Fsp3) is 0.200. The monoisotopic (exact) mass is 410 g/mol. The van der Waals surface area contributed by atoms with Gasteiger partial charge in [0.15, 0.2) is 5.65 Å². The van der Waals surface area contributed by atoms with Crippen molar-refractivity contribution >= 4 is 27.9 Å². The molecule has 0 aliphatic rings. The van der Waals surface area contributed by atoms with Crippen LogP contribution in [-0.4, -0.2) is 31.9 Å². The van der Waals surface area contributed by atoms with Gasteiger partial charge in [-0.3, -0.25) is 4.90 Å². The smallest absolute Gasteiger partial charge is 0.160 e. The summed E-state index contributed by atoms with van der Waals surface area (Å²) in [6.07, 6.45) is 0. The van der Waals surface area contributed by atoms with Gasteiger partial charge < -0.3 is 15.7 Å². The Morgan fingerprint density at radius 2 is 1.81 bits per heavy atom. The molecule has 1 atom stereocenters. The minimum atomic E-state index is 0.342. The highest BCUT2D eigenvalue weighted by Gasteiger charge is 2.15. The van der Waals surface area contributed by atoms with E-state index in [0.717, 1.165) is 34.7 Å². The molecule has 3 aromatic heterocycles. The second kappa shape index (κ2) is 7.56. The van der Waals surface area contributed by atoms with E-state index in [4.69, 9.17) is 5.73 Å². The summed E-state index contributed by atoms with van der Waals surface area (Å²) < 4.78 is 0. The molecule has 0 bridgehead atoms. The highest BCUT2D eigenvalue weighted by atomic mass is 15.1. The molecule has 3 heterocycles. The van der Waals surface area contributed by atoms with Crippen LogP contribution in [0.1, 0.15) is 29.9 Å². The van der Waals surface area contributed by atoms with Crippen molar-refractivity contribution in [3.05, 3.63) is 77.6 Å². The van der Waals surface area contributed by atoms with E-state index in [1.54, 1.807) is 0 Å². The number of hydrogen-bond acceptors (Lipinski definition) is 4. The molecule has 0 saturated heterocycles. The fourth-order valence-electron chi connectivity index (χ4n) is 4.17. The number of aromatic amines is 2. The van der Waals surface area contributed by atoms with Crippen LogP contribution in [0, 0.1) is 6.92 Å². The fourth-order valence-corrected chi connectivity index (χ4v) is 4.17. The van der Waals surface area contributed by atoms with Crippen LogP contribution in [0.2, 0.25) is 0 Å². The van der Waals surface area contributed by atoms with Crippen LogP contribution in [0.25, 0.3) is 33.3 Å². The number of nitrogens with zero attached hydrogens (tertiary/aromatic N) is 3. The van der Waals surface area contributed by atoms with Gasteiger partial charge in [0, 0.05) is 34.7 Å². The zero-order chi connectivity index (χ0) is 21.5. The minimum absolute atomic E-state index is 0.342. The van der Waals surface area contributed by atoms with Gasteiger partial charge in [-0.05, 0) is 56.3 Å². The summed E-state index contributed by atoms with van der Waals surface area (Å²) in [5.74, 6) is 1.30. The van der Waals surface area contributed by atoms with E-state index in [9.17, 15) is 0 Å². The summed E-state index contributed by atoms with van der Waals surface area (Å²) in [7, 11) is 2.17. The van der Waals surface area contributed by atoms with E-state index in [-0.39, 0.29) is 0 Å². The number of fused-ring (bicyclic) bond motifs is 2. The van der Waals surface area contributed by atoms with Crippen LogP contribution in [-0.2, 0) is 6.54 Å². The molecule has 0 radical (unpaired) electrons. The van der Waals surface area contributed by atoms with Gasteiger partial charge >= 0.3 is 0 Å². The molecule has 0 aliphatic carbocycles. The van der Waals surface area contributed by atoms with Crippen molar-refractivity contribution in [2.24, 2.45) is 0 Å². The van der Waals surface area contributed by atoms with E-state index in [2.05, 4.69) is 93.4 Å². The van der Waals surface area contributed by atoms with Crippen molar-refractivity contribution in [1.29, 1.82) is 0 Å². The number of nitrogens with two attached hydrogens (primary N) is 1. The van der Waals surface area contributed by atoms with Crippen LogP contribution < -0.4 is 5.73 Å². The maximum atomic E-state index is 6.04. The second-order valence-corrected chi connectivity index (χ2v) is 8.22. The number of aryl methyl sites for hydroxylation is 1. The molecule has 5 aromatic rings. The summed E-state index contributed by atoms with van der Waals surface area (Å²) in [5, 5.41) is 1.17. The summed E-state index contributed by atoms with van der Waals surface area (Å²) in [6, 6.07) is 21.6. The number of imidazole rings is 1. The van der Waals surface area contributed by atoms with Gasteiger partial charge in [-0.25, -0.2) is 9.97 Å². The molecule has 2 aromatic carbocycles. The van der Waals surface area contributed by atoms with Crippen molar-refractivity contribution in [2.45, 2.75) is 26.4 Å². The van der Waals surface area contributed by atoms with Crippen LogP contribution in [0.4, 0.5) is 5.82 Å². The molecule has 6 nitrogen and oxygen atoms in total. The van der Waals surface area contributed by atoms with Gasteiger partial charge in [-0.2, -0.15) is 0 Å². The molecule has 1 unspecified atom stereocenters. The van der Waals surface area contributed by atoms with Crippen LogP contribution in [0.3, 0.4) is 0 Å². The molecule has 0 saturated carbocycles. The van der Waals surface area contributed by atoms with Crippen molar-refractivity contribution in [3.8, 4) is 11.3 Å². The third kappa shape index (κ3) is 3.66. The Morgan fingerprint density at radius 3 is 2.61 bits per heavy atom. The molecule has 31 heavy (non-hydrogen) atoms. The maximum absolute atomic E-state index is 6.04. The third-order valence-electron chi connectivity index (χ3n) is 5.94. The standard InChI is InChI=1S/C25H26N6/c1-15(18-7-5-4-6-8-18)31(3)14-17-9-10-21-19(11-17)12-22(29-21)20-13-23(26)30-25-24(20)27-16(2)28-25/h4-13,15,29H,14H2,1-3H3,(H3,26,27,28,30). The van der Waals surface area contributed by atoms with Crippen LogP contribution in [0.15, 0.2) is 60.7 Å². The first-order valence-electron chi connectivity index (χ1n) is 10.5. The molecule has 4 N–H and O–H groups in total. The largest absolute Gasteiger partial charge is 0.384 e. The zero-order valence-corrected chi connectivity index (χ0v) is 18.0. The molecule has 0 amide bonds. The predicted octanol–water partition coefficient (Wildman–Crippen LogP) is 5.19. The van der Waals surface area contributed by atoms with E-state index in [1.807, 2.05) is 13.0 Å². The van der Waals surface area contributed by atoms with Gasteiger partial charge in [0.05, 0.1) is 0 Å². The topological polar surface area (TPSA) is 86.6 Å². The highest BCUT2D eigenvalue weighted by Crippen LogP contribution is 2.31. The Labute approximate surface area is 181 Å². The SMILES string of the molecule is Cc1nc2c(-c3cc4cc(CN(C)C(C)c5ccccc5)ccc4[nH]3)cc(N)nc2[nH]1. The van der Waals surface area contributed by atoms with Crippen molar-refractivity contribution in [3.63, 3.8) is 0 Å². The second-order valence-electron chi connectivity index (χ2n) is 8.22. The average Bonchev–Trinajstić information content (AvgIpc) is 3.35. The molecule has 5 rings (SSSR count). The number of nitrogens with one attached hydrogen (secondary N) is 2. The van der Waals surface area contributed by atoms with Crippen LogP contribution in [0.5, 0.6) is 0 Å². The van der Waals surface area contributed by atoms with E-state index in [0.29, 0.717) is 17.5 Å². The average molecular weight is 411 g/mol. The highest BCUT2D eigenvalue weighted by molar-refractivity contribution is 5.95. The normalized spacial score (nSPS) is 12.8. The van der Waals surface area contributed by atoms with Gasteiger partial charge in [-0.1, -0.05) is 36.4 Å². The van der Waals surface area contributed by atoms with Crippen molar-refractivity contribution in [2.75, 3.05) is 12.8 Å². The molecule has 0 spiro atoms. The van der Waals surface area contributed by atoms with E-state index in [1.165, 1.54) is 16.5 Å². The lowest BCUT2D eigenvalue weighted by Gasteiger charge is -2.25. The number of H-pyrrole nitrogens is 2. The molecule has 6 heteroatoms. The first-order chi connectivity index (χ1) is 15.0. The Kier molecular flexibility index (Phi) is 4.71. The third-order valence-corrected chi connectivity index (χ3v) is 5.94. The van der Waals surface area contributed by atoms with Gasteiger partial charge in [0.2, 0.25) is 0 Å². The minimum Gasteiger partial charge on any atom is -0.384 e. The molecule has 0 aliphatic heterocycles. The first-order valence-corrected chi connectivity index (χ1v) is 10.5. The number of anilines is 1. The first kappa shape index (κ1) is 19.3. The Balaban J connectivity index is 1.46. The van der Waals surface area contributed by atoms with Gasteiger partial charge in [0.1, 0.15) is 17.2 Å². The zero-order valence-electron chi connectivity index (χ0n) is 18.0. The van der Waals surface area contributed by atoms with Gasteiger partial charge in [0.25, 0.3) is 0 Å². The number of nitrogen functional groups attached to an aromatic ring is 1. The summed E-state index contributed by atoms with van der Waals surface area (Å²) >= 11 is 0. The predicted molar refractivity (Wildman–Crippen MR) is 127 cm³/mol. The Morgan fingerprint density at radius 1 is 1.00 bits per heavy atom. The van der Waals surface area contributed by atoms with Gasteiger partial charge in [-0.15, -0.1) is 0 Å².